The van der Waals surface area contributed by atoms with Crippen LogP contribution in [0.2, 0.25) is 0 Å². The fourth-order valence-corrected chi connectivity index (χ4v) is 3.98. The summed E-state index contributed by atoms with van der Waals surface area (Å²) in [4.78, 5) is 2.18. The predicted molar refractivity (Wildman–Crippen MR) is 79.0 cm³/mol. The molecule has 0 bridgehead atoms. The lowest BCUT2D eigenvalue weighted by atomic mass is 10.0. The van der Waals surface area contributed by atoms with Crippen molar-refractivity contribution in [2.24, 2.45) is 0 Å². The van der Waals surface area contributed by atoms with Crippen LogP contribution in [0.25, 0.3) is 0 Å². The molecule has 1 aliphatic heterocycles. The molecule has 0 radical (unpaired) electrons. The Kier molecular flexibility index (Phi) is 3.90. The van der Waals surface area contributed by atoms with Gasteiger partial charge in [-0.25, -0.2) is 8.42 Å². The lowest BCUT2D eigenvalue weighted by Crippen LogP contribution is -2.53. The van der Waals surface area contributed by atoms with E-state index in [0.29, 0.717) is 18.7 Å². The molecule has 1 atom stereocenters. The van der Waals surface area contributed by atoms with Crippen molar-refractivity contribution in [1.82, 2.24) is 4.90 Å². The average molecular weight is 292 g/mol. The maximum Gasteiger partial charge on any atom is 0.157 e. The standard InChI is InChI=1S/C15H20N2O2S/c1-12(14-6-4-5-13(9-14)10-16)17-7-8-20(18,19)15(2,3)11-17/h4-6,9,12H,7-8,11H2,1-3H3. The van der Waals surface area contributed by atoms with Gasteiger partial charge in [0.15, 0.2) is 9.84 Å². The molecule has 20 heavy (non-hydrogen) atoms. The Balaban J connectivity index is 2.23. The number of nitriles is 1. The van der Waals surface area contributed by atoms with Crippen molar-refractivity contribution in [3.63, 3.8) is 0 Å². The van der Waals surface area contributed by atoms with E-state index in [9.17, 15) is 8.42 Å². The van der Waals surface area contributed by atoms with E-state index in [4.69, 9.17) is 5.26 Å². The van der Waals surface area contributed by atoms with Gasteiger partial charge < -0.3 is 0 Å². The second kappa shape index (κ2) is 5.19. The van der Waals surface area contributed by atoms with E-state index < -0.39 is 14.6 Å². The van der Waals surface area contributed by atoms with E-state index >= 15 is 0 Å². The first kappa shape index (κ1) is 15.0. The molecule has 1 unspecified atom stereocenters. The third-order valence-corrected chi connectivity index (χ3v) is 6.65. The number of nitrogens with zero attached hydrogens (tertiary/aromatic N) is 2. The minimum atomic E-state index is -3.02. The number of hydrogen-bond acceptors (Lipinski definition) is 4. The Morgan fingerprint density at radius 2 is 2.10 bits per heavy atom. The van der Waals surface area contributed by atoms with Gasteiger partial charge in [0.05, 0.1) is 22.1 Å². The van der Waals surface area contributed by atoms with Crippen LogP contribution in [0.4, 0.5) is 0 Å². The Morgan fingerprint density at radius 1 is 1.40 bits per heavy atom. The summed E-state index contributed by atoms with van der Waals surface area (Å²) in [5.41, 5.74) is 1.69. The second-order valence-corrected chi connectivity index (χ2v) is 8.71. The van der Waals surface area contributed by atoms with Gasteiger partial charge in [-0.15, -0.1) is 0 Å². The molecule has 1 saturated heterocycles. The van der Waals surface area contributed by atoms with E-state index in [2.05, 4.69) is 17.9 Å². The van der Waals surface area contributed by atoms with E-state index in [1.807, 2.05) is 18.2 Å². The van der Waals surface area contributed by atoms with Crippen LogP contribution < -0.4 is 0 Å². The zero-order valence-electron chi connectivity index (χ0n) is 12.1. The molecule has 4 nitrogen and oxygen atoms in total. The van der Waals surface area contributed by atoms with Crippen LogP contribution in [-0.4, -0.2) is 36.9 Å². The van der Waals surface area contributed by atoms with Crippen LogP contribution in [0.3, 0.4) is 0 Å². The summed E-state index contributed by atoms with van der Waals surface area (Å²) in [5.74, 6) is 0.197. The van der Waals surface area contributed by atoms with Gasteiger partial charge in [-0.3, -0.25) is 4.90 Å². The molecule has 0 aliphatic carbocycles. The quantitative estimate of drug-likeness (QED) is 0.838. The molecule has 1 fully saturated rings. The number of benzene rings is 1. The fourth-order valence-electron chi connectivity index (χ4n) is 2.59. The average Bonchev–Trinajstić information content (AvgIpc) is 2.41. The van der Waals surface area contributed by atoms with Crippen LogP contribution in [0.5, 0.6) is 0 Å². The highest BCUT2D eigenvalue weighted by Crippen LogP contribution is 2.30. The van der Waals surface area contributed by atoms with Crippen molar-refractivity contribution >= 4 is 9.84 Å². The van der Waals surface area contributed by atoms with Gasteiger partial charge in [-0.2, -0.15) is 5.26 Å². The molecule has 0 saturated carbocycles. The molecule has 108 valence electrons. The molecule has 0 amide bonds. The molecule has 2 rings (SSSR count). The zero-order chi connectivity index (χ0) is 15.0. The third-order valence-electron chi connectivity index (χ3n) is 4.12. The first-order chi connectivity index (χ1) is 9.27. The van der Waals surface area contributed by atoms with Gasteiger partial charge in [0, 0.05) is 19.1 Å². The highest BCUT2D eigenvalue weighted by Gasteiger charge is 2.41. The smallest absolute Gasteiger partial charge is 0.157 e. The summed E-state index contributed by atoms with van der Waals surface area (Å²) in [6.07, 6.45) is 0. The molecule has 0 spiro atoms. The molecular formula is C15H20N2O2S. The second-order valence-electron chi connectivity index (χ2n) is 5.96. The molecule has 0 N–H and O–H groups in total. The fraction of sp³-hybridized carbons (Fsp3) is 0.533. The van der Waals surface area contributed by atoms with Gasteiger partial charge in [0.2, 0.25) is 0 Å². The lowest BCUT2D eigenvalue weighted by Gasteiger charge is -2.40. The van der Waals surface area contributed by atoms with Crippen molar-refractivity contribution in [3.05, 3.63) is 35.4 Å². The van der Waals surface area contributed by atoms with E-state index in [-0.39, 0.29) is 11.8 Å². The number of sulfone groups is 1. The maximum atomic E-state index is 12.0. The zero-order valence-corrected chi connectivity index (χ0v) is 12.9. The first-order valence-corrected chi connectivity index (χ1v) is 8.38. The molecule has 1 aromatic rings. The van der Waals surface area contributed by atoms with Crippen molar-refractivity contribution in [2.45, 2.75) is 31.6 Å². The first-order valence-electron chi connectivity index (χ1n) is 6.73. The maximum absolute atomic E-state index is 12.0. The van der Waals surface area contributed by atoms with Crippen LogP contribution >= 0.6 is 0 Å². The number of rotatable bonds is 2. The highest BCUT2D eigenvalue weighted by atomic mass is 32.2. The van der Waals surface area contributed by atoms with E-state index in [1.54, 1.807) is 19.9 Å². The van der Waals surface area contributed by atoms with E-state index in [0.717, 1.165) is 5.56 Å². The van der Waals surface area contributed by atoms with E-state index in [1.165, 1.54) is 0 Å². The highest BCUT2D eigenvalue weighted by molar-refractivity contribution is 7.92. The topological polar surface area (TPSA) is 61.2 Å². The van der Waals surface area contributed by atoms with Gasteiger partial charge in [0.1, 0.15) is 0 Å². The summed E-state index contributed by atoms with van der Waals surface area (Å²) >= 11 is 0. The summed E-state index contributed by atoms with van der Waals surface area (Å²) in [7, 11) is -3.02. The van der Waals surface area contributed by atoms with Crippen LogP contribution in [-0.2, 0) is 9.84 Å². The van der Waals surface area contributed by atoms with Gasteiger partial charge in [-0.05, 0) is 38.5 Å². The minimum absolute atomic E-state index is 0.109. The summed E-state index contributed by atoms with van der Waals surface area (Å²) in [6.45, 7) is 6.70. The van der Waals surface area contributed by atoms with Crippen molar-refractivity contribution in [1.29, 1.82) is 5.26 Å². The molecule has 0 aromatic heterocycles. The predicted octanol–water partition coefficient (Wildman–Crippen LogP) is 2.13. The summed E-state index contributed by atoms with van der Waals surface area (Å²) < 4.78 is 23.4. The van der Waals surface area contributed by atoms with Gasteiger partial charge >= 0.3 is 0 Å². The summed E-state index contributed by atoms with van der Waals surface area (Å²) in [5, 5.41) is 8.96. The Hall–Kier alpha value is -1.38. The van der Waals surface area contributed by atoms with Gasteiger partial charge in [-0.1, -0.05) is 12.1 Å². The number of hydrogen-bond donors (Lipinski definition) is 0. The third kappa shape index (κ3) is 2.72. The molecule has 1 aliphatic rings. The largest absolute Gasteiger partial charge is 0.294 e. The van der Waals surface area contributed by atoms with Crippen LogP contribution in [0.15, 0.2) is 24.3 Å². The lowest BCUT2D eigenvalue weighted by molar-refractivity contribution is 0.193. The van der Waals surface area contributed by atoms with Crippen LogP contribution in [0, 0.1) is 11.3 Å². The summed E-state index contributed by atoms with van der Waals surface area (Å²) in [6, 6.07) is 9.76. The Morgan fingerprint density at radius 3 is 2.70 bits per heavy atom. The molecular weight excluding hydrogens is 272 g/mol. The molecule has 1 heterocycles. The van der Waals surface area contributed by atoms with Crippen molar-refractivity contribution in [3.8, 4) is 6.07 Å². The van der Waals surface area contributed by atoms with Crippen molar-refractivity contribution < 1.29 is 8.42 Å². The minimum Gasteiger partial charge on any atom is -0.294 e. The normalized spacial score (nSPS) is 22.9. The molecule has 5 heteroatoms. The Bertz CT molecular complexity index is 644. The van der Waals surface area contributed by atoms with Crippen molar-refractivity contribution in [2.75, 3.05) is 18.8 Å². The van der Waals surface area contributed by atoms with Gasteiger partial charge in [0.25, 0.3) is 0 Å². The monoisotopic (exact) mass is 292 g/mol. The van der Waals surface area contributed by atoms with Crippen LogP contribution in [0.1, 0.15) is 37.9 Å². The SMILES string of the molecule is CC(c1cccc(C#N)c1)N1CCS(=O)(=O)C(C)(C)C1. The molecule has 1 aromatic carbocycles. The Labute approximate surface area is 120 Å².